The number of rotatable bonds is 1. The standard InChI is InChI=1S/C11H13Br/c1-7(2)10-6-5-8(3)11(12)9(10)4/h5-6H,1H2,2-4H3. The highest BCUT2D eigenvalue weighted by Gasteiger charge is 2.04. The molecule has 0 N–H and O–H groups in total. The van der Waals surface area contributed by atoms with Crippen LogP contribution in [0.1, 0.15) is 23.6 Å². The average Bonchev–Trinajstić information content (AvgIpc) is 2.00. The molecule has 12 heavy (non-hydrogen) atoms. The zero-order valence-electron chi connectivity index (χ0n) is 7.74. The van der Waals surface area contributed by atoms with Crippen molar-refractivity contribution in [3.63, 3.8) is 0 Å². The maximum Gasteiger partial charge on any atom is 0.0239 e. The number of allylic oxidation sites excluding steroid dienone is 1. The Balaban J connectivity index is 3.36. The number of halogens is 1. The van der Waals surface area contributed by atoms with E-state index in [1.54, 1.807) is 0 Å². The molecular formula is C11H13Br. The Morgan fingerprint density at radius 3 is 2.42 bits per heavy atom. The molecule has 0 amide bonds. The minimum absolute atomic E-state index is 1.12. The molecule has 0 radical (unpaired) electrons. The first-order valence-corrected chi connectivity index (χ1v) is 4.75. The number of benzene rings is 1. The van der Waals surface area contributed by atoms with E-state index in [-0.39, 0.29) is 0 Å². The summed E-state index contributed by atoms with van der Waals surface area (Å²) < 4.78 is 1.20. The van der Waals surface area contributed by atoms with Crippen molar-refractivity contribution < 1.29 is 0 Å². The lowest BCUT2D eigenvalue weighted by molar-refractivity contribution is 1.31. The second-order valence-electron chi connectivity index (χ2n) is 3.15. The molecular weight excluding hydrogens is 212 g/mol. The van der Waals surface area contributed by atoms with Crippen molar-refractivity contribution >= 4 is 21.5 Å². The predicted molar refractivity (Wildman–Crippen MR) is 58.3 cm³/mol. The number of hydrogen-bond acceptors (Lipinski definition) is 0. The van der Waals surface area contributed by atoms with Crippen LogP contribution < -0.4 is 0 Å². The van der Waals surface area contributed by atoms with Crippen LogP contribution in [0, 0.1) is 13.8 Å². The minimum atomic E-state index is 1.12. The lowest BCUT2D eigenvalue weighted by atomic mass is 10.0. The third-order valence-corrected chi connectivity index (χ3v) is 3.26. The minimum Gasteiger partial charge on any atom is -0.0955 e. The van der Waals surface area contributed by atoms with Gasteiger partial charge in [0.2, 0.25) is 0 Å². The van der Waals surface area contributed by atoms with Crippen LogP contribution in [-0.4, -0.2) is 0 Å². The Morgan fingerprint density at radius 2 is 1.92 bits per heavy atom. The molecule has 64 valence electrons. The SMILES string of the molecule is C=C(C)c1ccc(C)c(Br)c1C. The molecule has 1 aromatic carbocycles. The molecule has 1 heteroatoms. The fourth-order valence-corrected chi connectivity index (χ4v) is 1.63. The van der Waals surface area contributed by atoms with Gasteiger partial charge in [0.25, 0.3) is 0 Å². The van der Waals surface area contributed by atoms with Crippen molar-refractivity contribution in [3.05, 3.63) is 39.9 Å². The summed E-state index contributed by atoms with van der Waals surface area (Å²) in [5, 5.41) is 0. The molecule has 0 unspecified atom stereocenters. The zero-order chi connectivity index (χ0) is 9.30. The van der Waals surface area contributed by atoms with Gasteiger partial charge >= 0.3 is 0 Å². The number of hydrogen-bond donors (Lipinski definition) is 0. The lowest BCUT2D eigenvalue weighted by Crippen LogP contribution is -1.88. The largest absolute Gasteiger partial charge is 0.0955 e. The van der Waals surface area contributed by atoms with E-state index in [4.69, 9.17) is 0 Å². The van der Waals surface area contributed by atoms with Gasteiger partial charge in [-0.05, 0) is 37.5 Å². The maximum atomic E-state index is 3.94. The van der Waals surface area contributed by atoms with Crippen LogP contribution in [0.3, 0.4) is 0 Å². The molecule has 0 atom stereocenters. The van der Waals surface area contributed by atoms with Crippen LogP contribution in [0.2, 0.25) is 0 Å². The highest BCUT2D eigenvalue weighted by atomic mass is 79.9. The summed E-state index contributed by atoms with van der Waals surface area (Å²) >= 11 is 3.56. The van der Waals surface area contributed by atoms with Crippen molar-refractivity contribution in [3.8, 4) is 0 Å². The van der Waals surface area contributed by atoms with Gasteiger partial charge in [-0.25, -0.2) is 0 Å². The Kier molecular flexibility index (Phi) is 2.73. The van der Waals surface area contributed by atoms with Crippen LogP contribution >= 0.6 is 15.9 Å². The van der Waals surface area contributed by atoms with E-state index >= 15 is 0 Å². The third-order valence-electron chi connectivity index (χ3n) is 2.04. The fraction of sp³-hybridized carbons (Fsp3) is 0.273. The first-order valence-electron chi connectivity index (χ1n) is 3.95. The molecule has 1 aromatic rings. The summed E-state index contributed by atoms with van der Waals surface area (Å²) in [6.07, 6.45) is 0. The Morgan fingerprint density at radius 1 is 1.33 bits per heavy atom. The van der Waals surface area contributed by atoms with E-state index < -0.39 is 0 Å². The molecule has 0 aromatic heterocycles. The summed E-state index contributed by atoms with van der Waals surface area (Å²) in [6, 6.07) is 4.23. The van der Waals surface area contributed by atoms with Gasteiger partial charge in [-0.15, -0.1) is 0 Å². The van der Waals surface area contributed by atoms with Gasteiger partial charge < -0.3 is 0 Å². The molecule has 0 saturated heterocycles. The molecule has 0 heterocycles. The normalized spacial score (nSPS) is 10.0. The van der Waals surface area contributed by atoms with Gasteiger partial charge in [-0.1, -0.05) is 40.2 Å². The molecule has 0 aliphatic carbocycles. The molecule has 0 aliphatic rings. The Labute approximate surface area is 82.4 Å². The van der Waals surface area contributed by atoms with E-state index in [0.717, 1.165) is 5.57 Å². The van der Waals surface area contributed by atoms with E-state index in [9.17, 15) is 0 Å². The highest BCUT2D eigenvalue weighted by molar-refractivity contribution is 9.10. The molecule has 1 rings (SSSR count). The van der Waals surface area contributed by atoms with Crippen molar-refractivity contribution in [2.75, 3.05) is 0 Å². The van der Waals surface area contributed by atoms with Crippen LogP contribution in [-0.2, 0) is 0 Å². The quantitative estimate of drug-likeness (QED) is 0.674. The maximum absolute atomic E-state index is 3.94. The van der Waals surface area contributed by atoms with Crippen molar-refractivity contribution in [2.24, 2.45) is 0 Å². The topological polar surface area (TPSA) is 0 Å². The Hall–Kier alpha value is -0.560. The van der Waals surface area contributed by atoms with Crippen LogP contribution in [0.5, 0.6) is 0 Å². The van der Waals surface area contributed by atoms with E-state index in [0.29, 0.717) is 0 Å². The lowest BCUT2D eigenvalue weighted by Gasteiger charge is -2.09. The van der Waals surface area contributed by atoms with Gasteiger partial charge in [0.15, 0.2) is 0 Å². The first kappa shape index (κ1) is 9.53. The van der Waals surface area contributed by atoms with Crippen molar-refractivity contribution in [2.45, 2.75) is 20.8 Å². The number of aryl methyl sites for hydroxylation is 1. The summed E-state index contributed by atoms with van der Waals surface area (Å²) in [6.45, 7) is 10.2. The van der Waals surface area contributed by atoms with Gasteiger partial charge in [0.05, 0.1) is 0 Å². The molecule has 0 nitrogen and oxygen atoms in total. The molecule has 0 bridgehead atoms. The second-order valence-corrected chi connectivity index (χ2v) is 3.94. The summed E-state index contributed by atoms with van der Waals surface area (Å²) in [4.78, 5) is 0. The molecule has 0 spiro atoms. The molecule has 0 aliphatic heterocycles. The smallest absolute Gasteiger partial charge is 0.0239 e. The predicted octanol–water partition coefficient (Wildman–Crippen LogP) is 4.10. The van der Waals surface area contributed by atoms with Gasteiger partial charge in [0, 0.05) is 4.47 Å². The van der Waals surface area contributed by atoms with Crippen LogP contribution in [0.4, 0.5) is 0 Å². The van der Waals surface area contributed by atoms with Crippen LogP contribution in [0.15, 0.2) is 23.2 Å². The molecule has 0 fully saturated rings. The first-order chi connectivity index (χ1) is 5.54. The van der Waals surface area contributed by atoms with Gasteiger partial charge in [-0.3, -0.25) is 0 Å². The fourth-order valence-electron chi connectivity index (χ4n) is 1.28. The van der Waals surface area contributed by atoms with E-state index in [1.807, 2.05) is 6.92 Å². The summed E-state index contributed by atoms with van der Waals surface area (Å²) in [5.74, 6) is 0. The van der Waals surface area contributed by atoms with E-state index in [2.05, 4.69) is 48.5 Å². The second kappa shape index (κ2) is 3.44. The summed E-state index contributed by atoms with van der Waals surface area (Å²) in [7, 11) is 0. The monoisotopic (exact) mass is 224 g/mol. The zero-order valence-corrected chi connectivity index (χ0v) is 9.33. The highest BCUT2D eigenvalue weighted by Crippen LogP contribution is 2.27. The van der Waals surface area contributed by atoms with E-state index in [1.165, 1.54) is 21.2 Å². The summed E-state index contributed by atoms with van der Waals surface area (Å²) in [5.41, 5.74) is 4.92. The third kappa shape index (κ3) is 1.61. The van der Waals surface area contributed by atoms with Crippen molar-refractivity contribution in [1.82, 2.24) is 0 Å². The van der Waals surface area contributed by atoms with Crippen molar-refractivity contribution in [1.29, 1.82) is 0 Å². The van der Waals surface area contributed by atoms with Crippen LogP contribution in [0.25, 0.3) is 5.57 Å². The molecule has 0 saturated carbocycles. The average molecular weight is 225 g/mol. The van der Waals surface area contributed by atoms with Gasteiger partial charge in [0.1, 0.15) is 0 Å². The Bertz CT molecular complexity index is 324. The van der Waals surface area contributed by atoms with Gasteiger partial charge in [-0.2, -0.15) is 0 Å².